The molecule has 1 saturated heterocycles. The number of morpholine rings is 1. The minimum atomic E-state index is -1.19. The molecular formula is C35H31FN4O5. The number of halogens is 1. The number of carbonyl (C=O) groups excluding carboxylic acids is 4. The van der Waals surface area contributed by atoms with E-state index in [1.54, 1.807) is 36.4 Å². The third kappa shape index (κ3) is 6.46. The molecular weight excluding hydrogens is 575 g/mol. The van der Waals surface area contributed by atoms with Gasteiger partial charge in [0.1, 0.15) is 18.4 Å². The van der Waals surface area contributed by atoms with Crippen molar-refractivity contribution in [1.82, 2.24) is 4.90 Å². The van der Waals surface area contributed by atoms with Gasteiger partial charge >= 0.3 is 0 Å². The standard InChI is InChI=1S/C35H31FN4O5/c36-26-12-10-25(11-13-26)32(34(43)37-27-14-16-28(17-15-27)38-18-20-45-21-19-38)40(22-24-6-2-1-3-7-24)31(41)23-39-30-9-5-4-8-29(30)33(42)35(39)44/h1-17,32H,18-23H2,(H,37,43). The predicted molar refractivity (Wildman–Crippen MR) is 167 cm³/mol. The normalized spacial score (nSPS) is 15.0. The zero-order chi connectivity index (χ0) is 31.3. The van der Waals surface area contributed by atoms with Crippen molar-refractivity contribution in [3.8, 4) is 0 Å². The topological polar surface area (TPSA) is 99.3 Å². The Bertz CT molecular complexity index is 1710. The van der Waals surface area contributed by atoms with Gasteiger partial charge < -0.3 is 19.9 Å². The number of ketones is 1. The van der Waals surface area contributed by atoms with Crippen LogP contribution in [0.25, 0.3) is 0 Å². The van der Waals surface area contributed by atoms with Crippen molar-refractivity contribution in [3.63, 3.8) is 0 Å². The van der Waals surface area contributed by atoms with E-state index in [9.17, 15) is 23.6 Å². The lowest BCUT2D eigenvalue weighted by atomic mass is 10.0. The molecule has 0 spiro atoms. The van der Waals surface area contributed by atoms with Crippen LogP contribution >= 0.6 is 0 Å². The maximum absolute atomic E-state index is 14.2. The summed E-state index contributed by atoms with van der Waals surface area (Å²) < 4.78 is 19.5. The fourth-order valence-corrected chi connectivity index (χ4v) is 5.64. The number of para-hydroxylation sites is 1. The predicted octanol–water partition coefficient (Wildman–Crippen LogP) is 4.60. The van der Waals surface area contributed by atoms with Gasteiger partial charge in [0.05, 0.1) is 24.5 Å². The lowest BCUT2D eigenvalue weighted by molar-refractivity contribution is -0.139. The van der Waals surface area contributed by atoms with E-state index in [4.69, 9.17) is 4.74 Å². The van der Waals surface area contributed by atoms with Gasteiger partial charge in [-0.3, -0.25) is 24.1 Å². The number of hydrogen-bond donors (Lipinski definition) is 1. The van der Waals surface area contributed by atoms with Crippen LogP contribution < -0.4 is 15.1 Å². The second-order valence-electron chi connectivity index (χ2n) is 10.8. The van der Waals surface area contributed by atoms with E-state index >= 15 is 0 Å². The molecule has 10 heteroatoms. The molecule has 1 fully saturated rings. The molecule has 0 aliphatic carbocycles. The highest BCUT2D eigenvalue weighted by Crippen LogP contribution is 2.31. The molecule has 2 aliphatic heterocycles. The van der Waals surface area contributed by atoms with Crippen LogP contribution in [0.2, 0.25) is 0 Å². The largest absolute Gasteiger partial charge is 0.378 e. The van der Waals surface area contributed by atoms with Crippen molar-refractivity contribution < 1.29 is 28.3 Å². The Morgan fingerprint density at radius 3 is 2.22 bits per heavy atom. The summed E-state index contributed by atoms with van der Waals surface area (Å²) in [6.45, 7) is 2.38. The number of amides is 3. The van der Waals surface area contributed by atoms with Crippen LogP contribution in [0.15, 0.2) is 103 Å². The molecule has 228 valence electrons. The van der Waals surface area contributed by atoms with Crippen LogP contribution in [0, 0.1) is 5.82 Å². The van der Waals surface area contributed by atoms with Gasteiger partial charge in [0.15, 0.2) is 0 Å². The molecule has 1 N–H and O–H groups in total. The summed E-state index contributed by atoms with van der Waals surface area (Å²) in [6.07, 6.45) is 0. The second-order valence-corrected chi connectivity index (χ2v) is 10.8. The molecule has 0 saturated carbocycles. The molecule has 2 heterocycles. The summed E-state index contributed by atoms with van der Waals surface area (Å²) >= 11 is 0. The number of ether oxygens (including phenoxy) is 1. The highest BCUT2D eigenvalue weighted by atomic mass is 19.1. The highest BCUT2D eigenvalue weighted by molar-refractivity contribution is 6.52. The lowest BCUT2D eigenvalue weighted by Crippen LogP contribution is -2.46. The van der Waals surface area contributed by atoms with E-state index in [1.165, 1.54) is 29.2 Å². The van der Waals surface area contributed by atoms with E-state index in [1.807, 2.05) is 42.5 Å². The number of nitrogens with one attached hydrogen (secondary N) is 1. The number of Topliss-reactive ketones (excluding diaryl/α,β-unsaturated/α-hetero) is 1. The van der Waals surface area contributed by atoms with Crippen LogP contribution in [0.5, 0.6) is 0 Å². The van der Waals surface area contributed by atoms with E-state index in [0.29, 0.717) is 30.2 Å². The molecule has 6 rings (SSSR count). The number of rotatable bonds is 9. The third-order valence-corrected chi connectivity index (χ3v) is 7.95. The van der Waals surface area contributed by atoms with Gasteiger partial charge in [0.25, 0.3) is 17.6 Å². The molecule has 0 bridgehead atoms. The maximum atomic E-state index is 14.2. The Hall–Kier alpha value is -5.35. The number of hydrogen-bond acceptors (Lipinski definition) is 6. The van der Waals surface area contributed by atoms with E-state index in [-0.39, 0.29) is 12.1 Å². The van der Waals surface area contributed by atoms with Gasteiger partial charge in [-0.2, -0.15) is 0 Å². The van der Waals surface area contributed by atoms with Crippen molar-refractivity contribution in [3.05, 3.63) is 126 Å². The average Bonchev–Trinajstić information content (AvgIpc) is 3.31. The monoisotopic (exact) mass is 606 g/mol. The number of benzene rings is 4. The van der Waals surface area contributed by atoms with Crippen LogP contribution in [0.3, 0.4) is 0 Å². The first-order chi connectivity index (χ1) is 21.9. The Morgan fingerprint density at radius 1 is 0.844 bits per heavy atom. The van der Waals surface area contributed by atoms with Crippen LogP contribution in [-0.2, 0) is 25.7 Å². The summed E-state index contributed by atoms with van der Waals surface area (Å²) in [7, 11) is 0. The molecule has 2 aliphatic rings. The van der Waals surface area contributed by atoms with Gasteiger partial charge in [-0.1, -0.05) is 54.6 Å². The van der Waals surface area contributed by atoms with Crippen molar-refractivity contribution in [1.29, 1.82) is 0 Å². The van der Waals surface area contributed by atoms with Gasteiger partial charge in [-0.25, -0.2) is 4.39 Å². The van der Waals surface area contributed by atoms with Crippen LogP contribution in [-0.4, -0.2) is 61.3 Å². The smallest absolute Gasteiger partial charge is 0.299 e. The Labute approximate surface area is 259 Å². The van der Waals surface area contributed by atoms with Crippen LogP contribution in [0.4, 0.5) is 21.5 Å². The van der Waals surface area contributed by atoms with E-state index in [0.717, 1.165) is 29.2 Å². The minimum absolute atomic E-state index is 0.0166. The zero-order valence-electron chi connectivity index (χ0n) is 24.4. The Balaban J connectivity index is 1.32. The number of nitrogens with zero attached hydrogens (tertiary/aromatic N) is 3. The van der Waals surface area contributed by atoms with Crippen molar-refractivity contribution in [2.75, 3.05) is 48.0 Å². The molecule has 0 radical (unpaired) electrons. The van der Waals surface area contributed by atoms with Crippen LogP contribution in [0.1, 0.15) is 27.5 Å². The van der Waals surface area contributed by atoms with Crippen molar-refractivity contribution >= 4 is 40.6 Å². The average molecular weight is 607 g/mol. The van der Waals surface area contributed by atoms with E-state index < -0.39 is 41.9 Å². The Morgan fingerprint density at radius 2 is 1.51 bits per heavy atom. The number of carbonyl (C=O) groups is 4. The molecule has 45 heavy (non-hydrogen) atoms. The second kappa shape index (κ2) is 13.1. The quantitative estimate of drug-likeness (QED) is 0.280. The molecule has 0 aromatic heterocycles. The van der Waals surface area contributed by atoms with Crippen molar-refractivity contribution in [2.24, 2.45) is 0 Å². The third-order valence-electron chi connectivity index (χ3n) is 7.95. The fraction of sp³-hybridized carbons (Fsp3) is 0.200. The first-order valence-electron chi connectivity index (χ1n) is 14.7. The van der Waals surface area contributed by atoms with Gasteiger partial charge in [-0.05, 0) is 59.7 Å². The lowest BCUT2D eigenvalue weighted by Gasteiger charge is -2.33. The maximum Gasteiger partial charge on any atom is 0.299 e. The number of fused-ring (bicyclic) bond motifs is 1. The molecule has 1 atom stereocenters. The fourth-order valence-electron chi connectivity index (χ4n) is 5.64. The summed E-state index contributed by atoms with van der Waals surface area (Å²) in [5, 5.41) is 2.93. The summed E-state index contributed by atoms with van der Waals surface area (Å²) in [5.74, 6) is -3.08. The SMILES string of the molecule is O=C1C(=O)N(CC(=O)N(Cc2ccccc2)C(C(=O)Nc2ccc(N3CCOCC3)cc2)c2ccc(F)cc2)c2ccccc21. The molecule has 9 nitrogen and oxygen atoms in total. The molecule has 3 amide bonds. The first kappa shape index (κ1) is 29.7. The van der Waals surface area contributed by atoms with Gasteiger partial charge in [0.2, 0.25) is 5.91 Å². The van der Waals surface area contributed by atoms with Crippen molar-refractivity contribution in [2.45, 2.75) is 12.6 Å². The molecule has 1 unspecified atom stereocenters. The van der Waals surface area contributed by atoms with Gasteiger partial charge in [0, 0.05) is 31.0 Å². The Kier molecular flexibility index (Phi) is 8.65. The summed E-state index contributed by atoms with van der Waals surface area (Å²) in [4.78, 5) is 58.6. The number of anilines is 3. The summed E-state index contributed by atoms with van der Waals surface area (Å²) in [6, 6.07) is 27.2. The molecule has 4 aromatic carbocycles. The van der Waals surface area contributed by atoms with Gasteiger partial charge in [-0.15, -0.1) is 0 Å². The highest BCUT2D eigenvalue weighted by Gasteiger charge is 2.39. The zero-order valence-corrected chi connectivity index (χ0v) is 24.4. The minimum Gasteiger partial charge on any atom is -0.378 e. The first-order valence-corrected chi connectivity index (χ1v) is 14.7. The van der Waals surface area contributed by atoms with E-state index in [2.05, 4.69) is 10.2 Å². The molecule has 4 aromatic rings. The summed E-state index contributed by atoms with van der Waals surface area (Å²) in [5.41, 5.74) is 3.20.